The number of rotatable bonds is 13. The fourth-order valence-electron chi connectivity index (χ4n) is 7.00. The zero-order valence-corrected chi connectivity index (χ0v) is 23.8. The topological polar surface area (TPSA) is 0 Å². The van der Waals surface area contributed by atoms with Crippen LogP contribution in [0.5, 0.6) is 0 Å². The highest BCUT2D eigenvalue weighted by Gasteiger charge is 2.25. The molecule has 2 aromatic rings. The van der Waals surface area contributed by atoms with E-state index < -0.39 is 0 Å². The van der Waals surface area contributed by atoms with Crippen LogP contribution in [0, 0.1) is 17.8 Å². The molecule has 0 amide bonds. The molecule has 0 spiro atoms. The summed E-state index contributed by atoms with van der Waals surface area (Å²) in [5, 5.41) is 0.823. The van der Waals surface area contributed by atoms with Crippen molar-refractivity contribution in [3.05, 3.63) is 70.2 Å². The lowest BCUT2D eigenvalue weighted by molar-refractivity contribution is 0.222. The van der Waals surface area contributed by atoms with Crippen LogP contribution in [-0.2, 0) is 12.8 Å². The van der Waals surface area contributed by atoms with Crippen LogP contribution in [0.25, 0.3) is 0 Å². The summed E-state index contributed by atoms with van der Waals surface area (Å²) < 4.78 is 0. The molecular weight excluding hydrogens is 456 g/mol. The molecule has 0 atom stereocenters. The van der Waals surface area contributed by atoms with Crippen molar-refractivity contribution in [2.75, 3.05) is 0 Å². The van der Waals surface area contributed by atoms with Gasteiger partial charge in [0.25, 0.3) is 0 Å². The van der Waals surface area contributed by atoms with E-state index in [9.17, 15) is 0 Å². The quantitative estimate of drug-likeness (QED) is 0.237. The van der Waals surface area contributed by atoms with Crippen molar-refractivity contribution in [1.82, 2.24) is 0 Å². The molecule has 2 saturated carbocycles. The summed E-state index contributed by atoms with van der Waals surface area (Å²) in [7, 11) is 0. The van der Waals surface area contributed by atoms with Crippen LogP contribution >= 0.6 is 11.6 Å². The van der Waals surface area contributed by atoms with Crippen LogP contribution in [0.2, 0.25) is 5.02 Å². The summed E-state index contributed by atoms with van der Waals surface area (Å²) >= 11 is 6.01. The molecule has 36 heavy (non-hydrogen) atoms. The Hall–Kier alpha value is -1.27. The van der Waals surface area contributed by atoms with E-state index in [1.165, 1.54) is 114 Å². The molecule has 0 N–H and O–H groups in total. The summed E-state index contributed by atoms with van der Waals surface area (Å²) in [6.45, 7) is 2.32. The van der Waals surface area contributed by atoms with Crippen LogP contribution in [0.4, 0.5) is 0 Å². The third-order valence-corrected chi connectivity index (χ3v) is 9.83. The molecule has 0 radical (unpaired) electrons. The first-order chi connectivity index (χ1) is 17.7. The van der Waals surface area contributed by atoms with Gasteiger partial charge in [0.05, 0.1) is 0 Å². The average Bonchev–Trinajstić information content (AvgIpc) is 2.93. The van der Waals surface area contributed by atoms with E-state index in [0.717, 1.165) is 41.5 Å². The minimum Gasteiger partial charge on any atom is -0.0843 e. The number of hydrogen-bond donors (Lipinski definition) is 0. The normalized spacial score (nSPS) is 24.6. The van der Waals surface area contributed by atoms with Gasteiger partial charge in [-0.25, -0.2) is 0 Å². The maximum absolute atomic E-state index is 6.01. The first-order valence-electron chi connectivity index (χ1n) is 15.5. The van der Waals surface area contributed by atoms with Crippen LogP contribution in [-0.4, -0.2) is 0 Å². The van der Waals surface area contributed by atoms with Gasteiger partial charge in [-0.3, -0.25) is 0 Å². The summed E-state index contributed by atoms with van der Waals surface area (Å²) in [4.78, 5) is 0. The molecule has 4 rings (SSSR count). The Morgan fingerprint density at radius 1 is 0.556 bits per heavy atom. The van der Waals surface area contributed by atoms with Crippen LogP contribution in [0.3, 0.4) is 0 Å². The lowest BCUT2D eigenvalue weighted by Crippen LogP contribution is -2.18. The van der Waals surface area contributed by atoms with Gasteiger partial charge in [-0.15, -0.1) is 0 Å². The van der Waals surface area contributed by atoms with Crippen LogP contribution in [0.1, 0.15) is 132 Å². The van der Waals surface area contributed by atoms with Crippen molar-refractivity contribution in [2.24, 2.45) is 17.8 Å². The number of aryl methyl sites for hydroxylation is 2. The van der Waals surface area contributed by atoms with Gasteiger partial charge in [0, 0.05) is 5.02 Å². The van der Waals surface area contributed by atoms with Gasteiger partial charge in [0.2, 0.25) is 0 Å². The Kier molecular flexibility index (Phi) is 11.7. The molecule has 0 bridgehead atoms. The standard InChI is InChI=1S/C35H51Cl/c1-2-3-4-5-6-7-28-8-10-29(11-9-28)12-13-30-16-22-33(23-17-30)34-24-18-31(19-25-34)14-15-32-20-26-35(36)27-21-32/h18-21,24-30,33H,2-17,22-23H2,1H3. The Bertz CT molecular complexity index is 835. The van der Waals surface area contributed by atoms with Crippen molar-refractivity contribution in [3.63, 3.8) is 0 Å². The molecule has 2 fully saturated rings. The second kappa shape index (κ2) is 15.2. The lowest BCUT2D eigenvalue weighted by Gasteiger charge is -2.32. The lowest BCUT2D eigenvalue weighted by atomic mass is 9.74. The molecule has 0 saturated heterocycles. The van der Waals surface area contributed by atoms with Crippen molar-refractivity contribution in [2.45, 2.75) is 128 Å². The van der Waals surface area contributed by atoms with Crippen molar-refractivity contribution >= 4 is 11.6 Å². The van der Waals surface area contributed by atoms with E-state index in [2.05, 4.69) is 43.3 Å². The highest BCUT2D eigenvalue weighted by Crippen LogP contribution is 2.40. The summed E-state index contributed by atoms with van der Waals surface area (Å²) in [6, 6.07) is 17.9. The monoisotopic (exact) mass is 506 g/mol. The first-order valence-corrected chi connectivity index (χ1v) is 15.9. The molecular formula is C35H51Cl. The molecule has 0 unspecified atom stereocenters. The number of hydrogen-bond acceptors (Lipinski definition) is 0. The predicted molar refractivity (Wildman–Crippen MR) is 158 cm³/mol. The summed E-state index contributed by atoms with van der Waals surface area (Å²) in [6.07, 6.45) is 25.8. The van der Waals surface area contributed by atoms with Gasteiger partial charge in [-0.1, -0.05) is 132 Å². The fourth-order valence-corrected chi connectivity index (χ4v) is 7.12. The minimum absolute atomic E-state index is 0.791. The summed E-state index contributed by atoms with van der Waals surface area (Å²) in [5.74, 6) is 3.89. The minimum atomic E-state index is 0.791. The molecule has 0 aromatic heterocycles. The Morgan fingerprint density at radius 2 is 1.03 bits per heavy atom. The Morgan fingerprint density at radius 3 is 1.58 bits per heavy atom. The second-order valence-electron chi connectivity index (χ2n) is 12.3. The van der Waals surface area contributed by atoms with E-state index in [-0.39, 0.29) is 0 Å². The van der Waals surface area contributed by atoms with Crippen LogP contribution < -0.4 is 0 Å². The van der Waals surface area contributed by atoms with Crippen LogP contribution in [0.15, 0.2) is 48.5 Å². The van der Waals surface area contributed by atoms with Gasteiger partial charge < -0.3 is 0 Å². The summed E-state index contributed by atoms with van der Waals surface area (Å²) in [5.41, 5.74) is 4.40. The smallest absolute Gasteiger partial charge is 0.0406 e. The Labute approximate surface area is 227 Å². The second-order valence-corrected chi connectivity index (χ2v) is 12.7. The van der Waals surface area contributed by atoms with Gasteiger partial charge in [0.1, 0.15) is 0 Å². The maximum Gasteiger partial charge on any atom is 0.0406 e. The van der Waals surface area contributed by atoms with Gasteiger partial charge in [0.15, 0.2) is 0 Å². The van der Waals surface area contributed by atoms with E-state index >= 15 is 0 Å². The van der Waals surface area contributed by atoms with Gasteiger partial charge in [-0.05, 0) is 91.0 Å². The van der Waals surface area contributed by atoms with E-state index in [0.29, 0.717) is 0 Å². The van der Waals surface area contributed by atoms with Crippen molar-refractivity contribution < 1.29 is 0 Å². The molecule has 0 nitrogen and oxygen atoms in total. The third-order valence-electron chi connectivity index (χ3n) is 9.58. The molecule has 1 heteroatoms. The zero-order chi connectivity index (χ0) is 25.0. The zero-order valence-electron chi connectivity index (χ0n) is 23.0. The third kappa shape index (κ3) is 9.24. The van der Waals surface area contributed by atoms with Crippen molar-refractivity contribution in [3.8, 4) is 0 Å². The molecule has 0 aliphatic heterocycles. The molecule has 2 aromatic carbocycles. The SMILES string of the molecule is CCCCCCCC1CCC(CCC2CCC(c3ccc(CCc4ccc(Cl)cc4)cc3)CC2)CC1. The predicted octanol–water partition coefficient (Wildman–Crippen LogP) is 11.3. The number of halogens is 1. The molecule has 2 aliphatic carbocycles. The number of benzene rings is 2. The maximum atomic E-state index is 6.01. The van der Waals surface area contributed by atoms with Crippen molar-refractivity contribution in [1.29, 1.82) is 0 Å². The van der Waals surface area contributed by atoms with E-state index in [1.54, 1.807) is 5.56 Å². The highest BCUT2D eigenvalue weighted by atomic mass is 35.5. The Balaban J connectivity index is 1.09. The molecule has 198 valence electrons. The number of unbranched alkanes of at least 4 members (excludes halogenated alkanes) is 4. The van der Waals surface area contributed by atoms with E-state index in [4.69, 9.17) is 11.6 Å². The fraction of sp³-hybridized carbons (Fsp3) is 0.657. The van der Waals surface area contributed by atoms with Gasteiger partial charge >= 0.3 is 0 Å². The average molecular weight is 507 g/mol. The first kappa shape index (κ1) is 27.8. The molecule has 0 heterocycles. The highest BCUT2D eigenvalue weighted by molar-refractivity contribution is 6.30. The van der Waals surface area contributed by atoms with E-state index in [1.807, 2.05) is 12.1 Å². The van der Waals surface area contributed by atoms with Gasteiger partial charge in [-0.2, -0.15) is 0 Å². The largest absolute Gasteiger partial charge is 0.0843 e. The molecule has 2 aliphatic rings.